The van der Waals surface area contributed by atoms with Crippen molar-refractivity contribution < 1.29 is 10.2 Å². The molecule has 0 unspecified atom stereocenters. The largest absolute Gasteiger partial charge is 0.392 e. The second kappa shape index (κ2) is 4.94. The standard InChI is InChI=1S/C11H14N4O2/c12-10-9-2-4-15(11(9)14-7-13-10)3-1-8(5-16)6-17/h1-2,4,7,16-17H,3,5-6H2,(H2,12,13,14). The summed E-state index contributed by atoms with van der Waals surface area (Å²) in [6, 6.07) is 1.84. The van der Waals surface area contributed by atoms with Crippen LogP contribution in [0.15, 0.2) is 30.2 Å². The lowest BCUT2D eigenvalue weighted by Gasteiger charge is -2.03. The van der Waals surface area contributed by atoms with Crippen LogP contribution in [0.5, 0.6) is 0 Å². The fraction of sp³-hybridized carbons (Fsp3) is 0.273. The van der Waals surface area contributed by atoms with E-state index in [1.165, 1.54) is 6.33 Å². The van der Waals surface area contributed by atoms with Crippen molar-refractivity contribution in [3.63, 3.8) is 0 Å². The molecule has 0 aliphatic carbocycles. The number of aliphatic hydroxyl groups is 2. The molecule has 0 aliphatic heterocycles. The van der Waals surface area contributed by atoms with Gasteiger partial charge in [-0.25, -0.2) is 9.97 Å². The molecular weight excluding hydrogens is 220 g/mol. The molecule has 0 atom stereocenters. The van der Waals surface area contributed by atoms with Gasteiger partial charge < -0.3 is 20.5 Å². The summed E-state index contributed by atoms with van der Waals surface area (Å²) in [6.45, 7) is 0.232. The van der Waals surface area contributed by atoms with E-state index >= 15 is 0 Å². The van der Waals surface area contributed by atoms with Gasteiger partial charge in [0.1, 0.15) is 17.8 Å². The van der Waals surface area contributed by atoms with Crippen molar-refractivity contribution in [2.24, 2.45) is 0 Å². The minimum absolute atomic E-state index is 0.146. The van der Waals surface area contributed by atoms with E-state index in [9.17, 15) is 0 Å². The van der Waals surface area contributed by atoms with Crippen LogP contribution in [-0.4, -0.2) is 38.0 Å². The van der Waals surface area contributed by atoms with Crippen molar-refractivity contribution >= 4 is 16.9 Å². The fourth-order valence-electron chi connectivity index (χ4n) is 1.58. The molecule has 2 heterocycles. The van der Waals surface area contributed by atoms with Crippen LogP contribution < -0.4 is 5.73 Å². The van der Waals surface area contributed by atoms with Crippen LogP contribution in [0, 0.1) is 0 Å². The maximum atomic E-state index is 8.93. The van der Waals surface area contributed by atoms with Crippen LogP contribution >= 0.6 is 0 Å². The topological polar surface area (TPSA) is 97.2 Å². The SMILES string of the molecule is Nc1ncnc2c1ccn2CC=C(CO)CO. The van der Waals surface area contributed by atoms with Crippen LogP contribution in [0.4, 0.5) is 5.82 Å². The van der Waals surface area contributed by atoms with Gasteiger partial charge in [0.2, 0.25) is 0 Å². The number of fused-ring (bicyclic) bond motifs is 1. The Hall–Kier alpha value is -1.92. The van der Waals surface area contributed by atoms with E-state index in [0.29, 0.717) is 17.9 Å². The minimum atomic E-state index is -0.146. The summed E-state index contributed by atoms with van der Waals surface area (Å²) in [4.78, 5) is 8.06. The van der Waals surface area contributed by atoms with Crippen molar-refractivity contribution in [3.8, 4) is 0 Å². The van der Waals surface area contributed by atoms with E-state index in [2.05, 4.69) is 9.97 Å². The highest BCUT2D eigenvalue weighted by Gasteiger charge is 2.04. The summed E-state index contributed by atoms with van der Waals surface area (Å²) in [5.74, 6) is 0.447. The molecule has 90 valence electrons. The van der Waals surface area contributed by atoms with Crippen LogP contribution in [0.1, 0.15) is 0 Å². The van der Waals surface area contributed by atoms with Crippen LogP contribution in [0.2, 0.25) is 0 Å². The average molecular weight is 234 g/mol. The normalized spacial score (nSPS) is 10.7. The molecule has 2 aromatic heterocycles. The number of hydrogen-bond donors (Lipinski definition) is 3. The Balaban J connectivity index is 2.31. The molecule has 0 aliphatic rings. The smallest absolute Gasteiger partial charge is 0.145 e. The Morgan fingerprint density at radius 1 is 1.35 bits per heavy atom. The Bertz CT molecular complexity index is 541. The first-order chi connectivity index (χ1) is 8.26. The zero-order valence-electron chi connectivity index (χ0n) is 9.24. The molecule has 0 amide bonds. The third kappa shape index (κ3) is 2.27. The third-order valence-electron chi connectivity index (χ3n) is 2.57. The van der Waals surface area contributed by atoms with E-state index in [1.807, 2.05) is 16.8 Å². The molecule has 6 heteroatoms. The summed E-state index contributed by atoms with van der Waals surface area (Å²) in [5.41, 5.74) is 7.04. The second-order valence-corrected chi connectivity index (χ2v) is 3.64. The molecule has 2 aromatic rings. The lowest BCUT2D eigenvalue weighted by atomic mass is 10.3. The Kier molecular flexibility index (Phi) is 3.36. The highest BCUT2D eigenvalue weighted by molar-refractivity contribution is 5.85. The maximum absolute atomic E-state index is 8.93. The van der Waals surface area contributed by atoms with Gasteiger partial charge in [-0.15, -0.1) is 0 Å². The van der Waals surface area contributed by atoms with E-state index in [4.69, 9.17) is 15.9 Å². The molecule has 0 bridgehead atoms. The summed E-state index contributed by atoms with van der Waals surface area (Å²) in [7, 11) is 0. The van der Waals surface area contributed by atoms with Crippen molar-refractivity contribution in [2.45, 2.75) is 6.54 Å². The number of nitrogen functional groups attached to an aromatic ring is 1. The number of nitrogens with two attached hydrogens (primary N) is 1. The lowest BCUT2D eigenvalue weighted by molar-refractivity contribution is 0.275. The highest BCUT2D eigenvalue weighted by Crippen LogP contribution is 2.17. The average Bonchev–Trinajstić information content (AvgIpc) is 2.75. The number of aromatic nitrogens is 3. The number of aliphatic hydroxyl groups excluding tert-OH is 2. The predicted octanol–water partition coefficient (Wildman–Crippen LogP) is -0.0755. The van der Waals surface area contributed by atoms with E-state index in [-0.39, 0.29) is 13.2 Å². The molecular formula is C11H14N4O2. The zero-order chi connectivity index (χ0) is 12.3. The molecule has 0 aromatic carbocycles. The predicted molar refractivity (Wildman–Crippen MR) is 64.2 cm³/mol. The van der Waals surface area contributed by atoms with Gasteiger partial charge in [-0.2, -0.15) is 0 Å². The molecule has 17 heavy (non-hydrogen) atoms. The minimum Gasteiger partial charge on any atom is -0.392 e. The monoisotopic (exact) mass is 234 g/mol. The van der Waals surface area contributed by atoms with Crippen LogP contribution in [0.25, 0.3) is 11.0 Å². The fourth-order valence-corrected chi connectivity index (χ4v) is 1.58. The molecule has 2 rings (SSSR count). The van der Waals surface area contributed by atoms with Crippen LogP contribution in [-0.2, 0) is 6.54 Å². The van der Waals surface area contributed by atoms with E-state index < -0.39 is 0 Å². The van der Waals surface area contributed by atoms with Gasteiger partial charge in [0, 0.05) is 12.7 Å². The van der Waals surface area contributed by atoms with Crippen molar-refractivity contribution in [3.05, 3.63) is 30.2 Å². The van der Waals surface area contributed by atoms with Gasteiger partial charge in [-0.3, -0.25) is 0 Å². The molecule has 0 fully saturated rings. The third-order valence-corrected chi connectivity index (χ3v) is 2.57. The quantitative estimate of drug-likeness (QED) is 0.643. The highest BCUT2D eigenvalue weighted by atomic mass is 16.3. The summed E-state index contributed by atoms with van der Waals surface area (Å²) in [5, 5.41) is 18.7. The Morgan fingerprint density at radius 2 is 2.12 bits per heavy atom. The second-order valence-electron chi connectivity index (χ2n) is 3.64. The van der Waals surface area contributed by atoms with Crippen molar-refractivity contribution in [2.75, 3.05) is 18.9 Å². The number of anilines is 1. The number of allylic oxidation sites excluding steroid dienone is 1. The first-order valence-electron chi connectivity index (χ1n) is 5.21. The first-order valence-corrected chi connectivity index (χ1v) is 5.21. The summed E-state index contributed by atoms with van der Waals surface area (Å²) >= 11 is 0. The van der Waals surface area contributed by atoms with Crippen LogP contribution in [0.3, 0.4) is 0 Å². The molecule has 4 N–H and O–H groups in total. The molecule has 0 spiro atoms. The number of nitrogens with zero attached hydrogens (tertiary/aromatic N) is 3. The number of rotatable bonds is 4. The van der Waals surface area contributed by atoms with E-state index in [1.54, 1.807) is 6.08 Å². The van der Waals surface area contributed by atoms with Gasteiger partial charge in [0.25, 0.3) is 0 Å². The van der Waals surface area contributed by atoms with Gasteiger partial charge in [0.15, 0.2) is 0 Å². The van der Waals surface area contributed by atoms with Gasteiger partial charge in [-0.05, 0) is 11.6 Å². The van der Waals surface area contributed by atoms with E-state index in [0.717, 1.165) is 11.0 Å². The number of hydrogen-bond acceptors (Lipinski definition) is 5. The molecule has 6 nitrogen and oxygen atoms in total. The zero-order valence-corrected chi connectivity index (χ0v) is 9.24. The summed E-state index contributed by atoms with van der Waals surface area (Å²) in [6.07, 6.45) is 5.02. The first kappa shape index (κ1) is 11.6. The lowest BCUT2D eigenvalue weighted by Crippen LogP contribution is -2.01. The molecule has 0 radical (unpaired) electrons. The van der Waals surface area contributed by atoms with Crippen molar-refractivity contribution in [1.29, 1.82) is 0 Å². The Morgan fingerprint density at radius 3 is 2.82 bits per heavy atom. The van der Waals surface area contributed by atoms with Crippen molar-refractivity contribution in [1.82, 2.24) is 14.5 Å². The summed E-state index contributed by atoms with van der Waals surface area (Å²) < 4.78 is 1.87. The molecule has 0 saturated heterocycles. The van der Waals surface area contributed by atoms with Gasteiger partial charge >= 0.3 is 0 Å². The molecule has 0 saturated carbocycles. The maximum Gasteiger partial charge on any atom is 0.145 e. The Labute approximate surface area is 98.0 Å². The van der Waals surface area contributed by atoms with Gasteiger partial charge in [0.05, 0.1) is 18.6 Å². The van der Waals surface area contributed by atoms with Gasteiger partial charge in [-0.1, -0.05) is 6.08 Å².